The van der Waals surface area contributed by atoms with Crippen molar-refractivity contribution in [2.45, 2.75) is 16.6 Å². The van der Waals surface area contributed by atoms with Gasteiger partial charge < -0.3 is 9.47 Å². The van der Waals surface area contributed by atoms with Gasteiger partial charge in [-0.15, -0.1) is 0 Å². The molecule has 5 nitrogen and oxygen atoms in total. The summed E-state index contributed by atoms with van der Waals surface area (Å²) in [6.45, 7) is 0.473. The molecule has 1 aliphatic heterocycles. The van der Waals surface area contributed by atoms with Crippen molar-refractivity contribution in [3.63, 3.8) is 0 Å². The minimum Gasteiger partial charge on any atom is -0.497 e. The second-order valence-corrected chi connectivity index (χ2v) is 9.45. The Morgan fingerprint density at radius 3 is 2.57 bits per heavy atom. The minimum atomic E-state index is -3.81. The van der Waals surface area contributed by atoms with Crippen LogP contribution in [-0.2, 0) is 10.0 Å². The summed E-state index contributed by atoms with van der Waals surface area (Å²) >= 11 is 1.43. The van der Waals surface area contributed by atoms with Crippen LogP contribution in [0, 0.1) is 11.6 Å². The number of nitrogens with zero attached hydrogens (tertiary/aromatic N) is 1. The van der Waals surface area contributed by atoms with E-state index in [9.17, 15) is 17.2 Å². The maximum atomic E-state index is 14.1. The van der Waals surface area contributed by atoms with Crippen molar-refractivity contribution in [2.75, 3.05) is 33.1 Å². The zero-order valence-corrected chi connectivity index (χ0v) is 17.2. The number of hydrogen-bond donors (Lipinski definition) is 0. The molecule has 1 fully saturated rings. The van der Waals surface area contributed by atoms with E-state index in [1.54, 1.807) is 6.07 Å². The van der Waals surface area contributed by atoms with Crippen LogP contribution in [0.5, 0.6) is 11.5 Å². The van der Waals surface area contributed by atoms with Gasteiger partial charge in [-0.25, -0.2) is 17.2 Å². The highest BCUT2D eigenvalue weighted by Gasteiger charge is 2.31. The standard InChI is InChI=1S/C19H21F2NO4S2/c1-25-14-4-6-19(17(12-14)26-2)28(23,24)22-8-7-18(27-10-9-22)15-11-13(20)3-5-16(15)21/h3-6,11-12,18H,7-10H2,1-2H3. The van der Waals surface area contributed by atoms with Crippen molar-refractivity contribution in [1.82, 2.24) is 4.31 Å². The average molecular weight is 430 g/mol. The summed E-state index contributed by atoms with van der Waals surface area (Å²) in [7, 11) is -0.921. The summed E-state index contributed by atoms with van der Waals surface area (Å²) < 4.78 is 65.6. The third-order valence-electron chi connectivity index (χ3n) is 4.59. The molecule has 0 aromatic heterocycles. The van der Waals surface area contributed by atoms with Crippen LogP contribution in [0.2, 0.25) is 0 Å². The predicted molar refractivity (Wildman–Crippen MR) is 104 cm³/mol. The van der Waals surface area contributed by atoms with Crippen molar-refractivity contribution in [3.05, 3.63) is 53.6 Å². The molecule has 0 saturated carbocycles. The van der Waals surface area contributed by atoms with Crippen molar-refractivity contribution >= 4 is 21.8 Å². The van der Waals surface area contributed by atoms with E-state index in [4.69, 9.17) is 9.47 Å². The monoisotopic (exact) mass is 429 g/mol. The fourth-order valence-corrected chi connectivity index (χ4v) is 6.08. The molecule has 1 aliphatic rings. The fraction of sp³-hybridized carbons (Fsp3) is 0.368. The van der Waals surface area contributed by atoms with Gasteiger partial charge in [-0.05, 0) is 36.8 Å². The van der Waals surface area contributed by atoms with Crippen molar-refractivity contribution in [1.29, 1.82) is 0 Å². The molecule has 0 aliphatic carbocycles. The van der Waals surface area contributed by atoms with Crippen molar-refractivity contribution in [2.24, 2.45) is 0 Å². The van der Waals surface area contributed by atoms with Crippen molar-refractivity contribution in [3.8, 4) is 11.5 Å². The van der Waals surface area contributed by atoms with Gasteiger partial charge in [-0.3, -0.25) is 0 Å². The zero-order chi connectivity index (χ0) is 20.3. The first kappa shape index (κ1) is 20.9. The third kappa shape index (κ3) is 4.26. The van der Waals surface area contributed by atoms with Gasteiger partial charge in [-0.2, -0.15) is 16.1 Å². The summed E-state index contributed by atoms with van der Waals surface area (Å²) in [4.78, 5) is 0.0520. The predicted octanol–water partition coefficient (Wildman–Crippen LogP) is 3.85. The first-order chi connectivity index (χ1) is 13.4. The number of thioether (sulfide) groups is 1. The molecule has 1 atom stereocenters. The first-order valence-electron chi connectivity index (χ1n) is 8.65. The van der Waals surface area contributed by atoms with Gasteiger partial charge in [0.2, 0.25) is 10.0 Å². The molecule has 3 rings (SSSR count). The second kappa shape index (κ2) is 8.67. The highest BCUT2D eigenvalue weighted by molar-refractivity contribution is 7.99. The maximum Gasteiger partial charge on any atom is 0.246 e. The minimum absolute atomic E-state index is 0.0520. The van der Waals surface area contributed by atoms with E-state index in [0.717, 1.165) is 12.1 Å². The molecule has 0 radical (unpaired) electrons. The molecular formula is C19H21F2NO4S2. The summed E-state index contributed by atoms with van der Waals surface area (Å²) in [5.74, 6) is 0.173. The van der Waals surface area contributed by atoms with Gasteiger partial charge in [0.15, 0.2) is 0 Å². The molecule has 152 valence electrons. The third-order valence-corrected chi connectivity index (χ3v) is 7.84. The van der Waals surface area contributed by atoms with Crippen LogP contribution >= 0.6 is 11.8 Å². The SMILES string of the molecule is COc1ccc(S(=O)(=O)N2CCSC(c3cc(F)ccc3F)CC2)c(OC)c1. The van der Waals surface area contributed by atoms with Crippen LogP contribution < -0.4 is 9.47 Å². The molecule has 1 unspecified atom stereocenters. The van der Waals surface area contributed by atoms with Crippen molar-refractivity contribution < 1.29 is 26.7 Å². The largest absolute Gasteiger partial charge is 0.497 e. The van der Waals surface area contributed by atoms with Crippen LogP contribution in [0.15, 0.2) is 41.3 Å². The number of hydrogen-bond acceptors (Lipinski definition) is 5. The van der Waals surface area contributed by atoms with Gasteiger partial charge in [0.25, 0.3) is 0 Å². The Morgan fingerprint density at radius 2 is 1.86 bits per heavy atom. The first-order valence-corrected chi connectivity index (χ1v) is 11.1. The van der Waals surface area contributed by atoms with E-state index < -0.39 is 21.7 Å². The molecule has 9 heteroatoms. The number of halogens is 2. The molecular weight excluding hydrogens is 408 g/mol. The molecule has 1 heterocycles. The van der Waals surface area contributed by atoms with E-state index in [1.807, 2.05) is 0 Å². The van der Waals surface area contributed by atoms with E-state index in [1.165, 1.54) is 48.5 Å². The average Bonchev–Trinajstić information content (AvgIpc) is 2.96. The summed E-state index contributed by atoms with van der Waals surface area (Å²) in [6, 6.07) is 7.90. The highest BCUT2D eigenvalue weighted by Crippen LogP contribution is 2.38. The lowest BCUT2D eigenvalue weighted by molar-refractivity contribution is 0.380. The van der Waals surface area contributed by atoms with Gasteiger partial charge >= 0.3 is 0 Å². The maximum absolute atomic E-state index is 14.1. The Morgan fingerprint density at radius 1 is 1.07 bits per heavy atom. The van der Waals surface area contributed by atoms with Crippen LogP contribution in [0.25, 0.3) is 0 Å². The Labute approximate surface area is 167 Å². The number of ether oxygens (including phenoxy) is 2. The summed E-state index contributed by atoms with van der Waals surface area (Å²) in [6.07, 6.45) is 0.378. The zero-order valence-electron chi connectivity index (χ0n) is 15.5. The van der Waals surface area contributed by atoms with Gasteiger partial charge in [0, 0.05) is 35.7 Å². The van der Waals surface area contributed by atoms with Gasteiger partial charge in [0.1, 0.15) is 28.0 Å². The van der Waals surface area contributed by atoms with Crippen LogP contribution in [-0.4, -0.2) is 45.8 Å². The number of sulfonamides is 1. The molecule has 28 heavy (non-hydrogen) atoms. The molecule has 0 amide bonds. The lowest BCUT2D eigenvalue weighted by Gasteiger charge is -2.21. The molecule has 0 spiro atoms. The number of benzene rings is 2. The summed E-state index contributed by atoms with van der Waals surface area (Å²) in [5, 5.41) is -0.311. The quantitative estimate of drug-likeness (QED) is 0.723. The highest BCUT2D eigenvalue weighted by atomic mass is 32.2. The fourth-order valence-electron chi connectivity index (χ4n) is 3.13. The molecule has 0 N–H and O–H groups in total. The van der Waals surface area contributed by atoms with E-state index >= 15 is 0 Å². The Balaban J connectivity index is 1.84. The Hall–Kier alpha value is -1.84. The van der Waals surface area contributed by atoms with Crippen LogP contribution in [0.4, 0.5) is 8.78 Å². The summed E-state index contributed by atoms with van der Waals surface area (Å²) in [5.41, 5.74) is 0.270. The number of rotatable bonds is 5. The lowest BCUT2D eigenvalue weighted by Crippen LogP contribution is -2.33. The normalized spacial score (nSPS) is 18.5. The van der Waals surface area contributed by atoms with Gasteiger partial charge in [-0.1, -0.05) is 0 Å². The Kier molecular flexibility index (Phi) is 6.47. The lowest BCUT2D eigenvalue weighted by atomic mass is 10.1. The molecule has 2 aromatic carbocycles. The second-order valence-electron chi connectivity index (χ2n) is 6.23. The smallest absolute Gasteiger partial charge is 0.246 e. The van der Waals surface area contributed by atoms with Gasteiger partial charge in [0.05, 0.1) is 14.2 Å². The molecule has 0 bridgehead atoms. The van der Waals surface area contributed by atoms with E-state index in [-0.39, 0.29) is 34.5 Å². The van der Waals surface area contributed by atoms with E-state index in [0.29, 0.717) is 17.9 Å². The topological polar surface area (TPSA) is 55.8 Å². The molecule has 1 saturated heterocycles. The van der Waals surface area contributed by atoms with Crippen LogP contribution in [0.3, 0.4) is 0 Å². The van der Waals surface area contributed by atoms with Crippen LogP contribution in [0.1, 0.15) is 17.2 Å². The number of methoxy groups -OCH3 is 2. The molecule has 2 aromatic rings. The Bertz CT molecular complexity index is 953. The van der Waals surface area contributed by atoms with E-state index in [2.05, 4.69) is 0 Å².